The third kappa shape index (κ3) is 4.98. The van der Waals surface area contributed by atoms with Gasteiger partial charge >= 0.3 is 0 Å². The summed E-state index contributed by atoms with van der Waals surface area (Å²) in [5, 5.41) is 10.0. The molecule has 0 bridgehead atoms. The third-order valence-electron chi connectivity index (χ3n) is 8.63. The highest BCUT2D eigenvalue weighted by molar-refractivity contribution is 5.36. The van der Waals surface area contributed by atoms with Gasteiger partial charge in [-0.05, 0) is 91.9 Å². The summed E-state index contributed by atoms with van der Waals surface area (Å²) in [5.74, 6) is 3.58. The summed E-state index contributed by atoms with van der Waals surface area (Å²) in [6, 6.07) is 0. The highest BCUT2D eigenvalue weighted by atomic mass is 16.3. The highest BCUT2D eigenvalue weighted by Crippen LogP contribution is 2.59. The molecule has 0 radical (unpaired) electrons. The highest BCUT2D eigenvalue weighted by Gasteiger charge is 2.50. The van der Waals surface area contributed by atoms with E-state index in [1.807, 2.05) is 0 Å². The maximum atomic E-state index is 10.0. The fourth-order valence-corrected chi connectivity index (χ4v) is 6.25. The fourth-order valence-electron chi connectivity index (χ4n) is 6.25. The van der Waals surface area contributed by atoms with Crippen LogP contribution in [0, 0.1) is 35.0 Å². The van der Waals surface area contributed by atoms with Gasteiger partial charge in [-0.15, -0.1) is 0 Å². The molecule has 0 aromatic rings. The van der Waals surface area contributed by atoms with Gasteiger partial charge in [0.1, 0.15) is 0 Å². The Morgan fingerprint density at radius 3 is 2.52 bits per heavy atom. The lowest BCUT2D eigenvalue weighted by molar-refractivity contribution is 0.112. The molecule has 6 atom stereocenters. The van der Waals surface area contributed by atoms with Gasteiger partial charge in [0.05, 0.1) is 6.10 Å². The first-order valence-electron chi connectivity index (χ1n) is 12.2. The standard InChI is InChI=1S/C28H44O/c1-19(2)20(3)9-10-22(5)26-15-16-27-23(8-7-17-28(26,27)6)12-13-24-18-25(29)14-11-21(24)4/h9-10,12-13,19-20,22,25-27,29H,4,7-8,11,14-18H2,1-3,5-6H3/b10-9+,23-12-,24-13-/t20-,22+,25-,26+,27+,28+/m0/s1. The molecule has 0 aromatic heterocycles. The van der Waals surface area contributed by atoms with E-state index >= 15 is 0 Å². The molecule has 0 heterocycles. The number of hydrogen-bond acceptors (Lipinski definition) is 1. The Bertz CT molecular complexity index is 678. The molecular formula is C28H44O. The van der Waals surface area contributed by atoms with E-state index in [1.54, 1.807) is 5.57 Å². The average Bonchev–Trinajstić information content (AvgIpc) is 3.04. The summed E-state index contributed by atoms with van der Waals surface area (Å²) in [6.45, 7) is 16.3. The van der Waals surface area contributed by atoms with Crippen LogP contribution in [-0.4, -0.2) is 11.2 Å². The molecular weight excluding hydrogens is 352 g/mol. The summed E-state index contributed by atoms with van der Waals surface area (Å²) in [6.07, 6.45) is 18.8. The van der Waals surface area contributed by atoms with Gasteiger partial charge in [-0.1, -0.05) is 76.6 Å². The van der Waals surface area contributed by atoms with Crippen molar-refractivity contribution in [2.24, 2.45) is 35.0 Å². The molecule has 1 heteroatoms. The lowest BCUT2D eigenvalue weighted by Gasteiger charge is -2.44. The summed E-state index contributed by atoms with van der Waals surface area (Å²) in [7, 11) is 0. The van der Waals surface area contributed by atoms with E-state index in [2.05, 4.69) is 65.5 Å². The molecule has 0 saturated heterocycles. The lowest BCUT2D eigenvalue weighted by atomic mass is 9.61. The Balaban J connectivity index is 1.75. The number of hydrogen-bond donors (Lipinski definition) is 1. The molecule has 0 amide bonds. The molecule has 3 saturated carbocycles. The first kappa shape index (κ1) is 22.6. The van der Waals surface area contributed by atoms with Crippen molar-refractivity contribution in [1.29, 1.82) is 0 Å². The maximum Gasteiger partial charge on any atom is 0.0583 e. The van der Waals surface area contributed by atoms with Crippen molar-refractivity contribution in [1.82, 2.24) is 0 Å². The molecule has 1 N–H and O–H groups in total. The molecule has 1 nitrogen and oxygen atoms in total. The molecule has 29 heavy (non-hydrogen) atoms. The van der Waals surface area contributed by atoms with Crippen molar-refractivity contribution in [3.05, 3.63) is 47.6 Å². The van der Waals surface area contributed by atoms with Crippen molar-refractivity contribution in [2.45, 2.75) is 92.1 Å². The van der Waals surface area contributed by atoms with Crippen LogP contribution in [-0.2, 0) is 0 Å². The van der Waals surface area contributed by atoms with E-state index in [-0.39, 0.29) is 6.10 Å². The predicted molar refractivity (Wildman–Crippen MR) is 126 cm³/mol. The van der Waals surface area contributed by atoms with Crippen LogP contribution in [0.2, 0.25) is 0 Å². The zero-order valence-corrected chi connectivity index (χ0v) is 19.6. The van der Waals surface area contributed by atoms with Gasteiger partial charge in [-0.25, -0.2) is 0 Å². The number of aliphatic hydroxyl groups excluding tert-OH is 1. The molecule has 3 aliphatic carbocycles. The zero-order valence-electron chi connectivity index (χ0n) is 19.6. The number of aliphatic hydroxyl groups is 1. The van der Waals surface area contributed by atoms with E-state index < -0.39 is 0 Å². The van der Waals surface area contributed by atoms with Gasteiger partial charge in [0, 0.05) is 0 Å². The van der Waals surface area contributed by atoms with Crippen molar-refractivity contribution in [3.63, 3.8) is 0 Å². The SMILES string of the molecule is C=C1CC[C@H](O)C/C1=C/C=C1/CCC[C@@]2(C)[C@@H]1CC[C@@H]2[C@H](C)/C=C/[C@H](C)C(C)C. The third-order valence-corrected chi connectivity index (χ3v) is 8.63. The molecule has 3 fully saturated rings. The molecule has 3 aliphatic rings. The summed E-state index contributed by atoms with van der Waals surface area (Å²) >= 11 is 0. The first-order valence-corrected chi connectivity index (χ1v) is 12.2. The fraction of sp³-hybridized carbons (Fsp3) is 0.714. The molecule has 162 valence electrons. The Kier molecular flexibility index (Phi) is 7.31. The van der Waals surface area contributed by atoms with Gasteiger partial charge < -0.3 is 5.11 Å². The minimum Gasteiger partial charge on any atom is -0.393 e. The van der Waals surface area contributed by atoms with Crippen molar-refractivity contribution < 1.29 is 5.11 Å². The van der Waals surface area contributed by atoms with Crippen LogP contribution in [0.5, 0.6) is 0 Å². The Labute approximate surface area is 180 Å². The van der Waals surface area contributed by atoms with E-state index in [4.69, 9.17) is 0 Å². The smallest absolute Gasteiger partial charge is 0.0583 e. The van der Waals surface area contributed by atoms with Crippen LogP contribution >= 0.6 is 0 Å². The lowest BCUT2D eigenvalue weighted by Crippen LogP contribution is -2.35. The van der Waals surface area contributed by atoms with E-state index in [0.29, 0.717) is 17.3 Å². The largest absolute Gasteiger partial charge is 0.393 e. The molecule has 0 aromatic carbocycles. The topological polar surface area (TPSA) is 20.2 Å². The molecule has 3 rings (SSSR count). The van der Waals surface area contributed by atoms with Crippen LogP contribution in [0.15, 0.2) is 47.6 Å². The van der Waals surface area contributed by atoms with Gasteiger partial charge in [0.25, 0.3) is 0 Å². The Morgan fingerprint density at radius 1 is 1.03 bits per heavy atom. The van der Waals surface area contributed by atoms with Gasteiger partial charge in [-0.2, -0.15) is 0 Å². The number of rotatable bonds is 5. The van der Waals surface area contributed by atoms with Crippen LogP contribution in [0.25, 0.3) is 0 Å². The van der Waals surface area contributed by atoms with E-state index in [9.17, 15) is 5.11 Å². The second-order valence-electron chi connectivity index (χ2n) is 10.9. The second kappa shape index (κ2) is 9.38. The van der Waals surface area contributed by atoms with Gasteiger partial charge in [-0.3, -0.25) is 0 Å². The Hall–Kier alpha value is -1.08. The van der Waals surface area contributed by atoms with Gasteiger partial charge in [0.15, 0.2) is 0 Å². The average molecular weight is 397 g/mol. The zero-order chi connectivity index (χ0) is 21.2. The maximum absolute atomic E-state index is 10.0. The van der Waals surface area contributed by atoms with Crippen LogP contribution < -0.4 is 0 Å². The summed E-state index contributed by atoms with van der Waals surface area (Å²) < 4.78 is 0. The van der Waals surface area contributed by atoms with Crippen LogP contribution in [0.1, 0.15) is 86.0 Å². The molecule has 0 aliphatic heterocycles. The van der Waals surface area contributed by atoms with Crippen molar-refractivity contribution in [3.8, 4) is 0 Å². The summed E-state index contributed by atoms with van der Waals surface area (Å²) in [5.41, 5.74) is 4.61. The summed E-state index contributed by atoms with van der Waals surface area (Å²) in [4.78, 5) is 0. The minimum absolute atomic E-state index is 0.182. The van der Waals surface area contributed by atoms with Crippen molar-refractivity contribution >= 4 is 0 Å². The molecule has 0 unspecified atom stereocenters. The minimum atomic E-state index is -0.182. The number of allylic oxidation sites excluding steroid dienone is 6. The second-order valence-corrected chi connectivity index (χ2v) is 10.9. The normalized spacial score (nSPS) is 38.2. The Morgan fingerprint density at radius 2 is 1.79 bits per heavy atom. The molecule has 0 spiro atoms. The van der Waals surface area contributed by atoms with Gasteiger partial charge in [0.2, 0.25) is 0 Å². The van der Waals surface area contributed by atoms with Crippen LogP contribution in [0.3, 0.4) is 0 Å². The quantitative estimate of drug-likeness (QED) is 0.473. The first-order chi connectivity index (χ1) is 13.7. The monoisotopic (exact) mass is 396 g/mol. The van der Waals surface area contributed by atoms with E-state index in [1.165, 1.54) is 43.3 Å². The van der Waals surface area contributed by atoms with Crippen LogP contribution in [0.4, 0.5) is 0 Å². The predicted octanol–water partition coefficient (Wildman–Crippen LogP) is 7.64. The van der Waals surface area contributed by atoms with E-state index in [0.717, 1.165) is 37.0 Å². The number of fused-ring (bicyclic) bond motifs is 1. The van der Waals surface area contributed by atoms with Crippen molar-refractivity contribution in [2.75, 3.05) is 0 Å².